The van der Waals surface area contributed by atoms with Gasteiger partial charge in [-0.25, -0.2) is 0 Å². The Morgan fingerprint density at radius 2 is 1.30 bits per heavy atom. The Balaban J connectivity index is 1.42. The summed E-state index contributed by atoms with van der Waals surface area (Å²) in [5.74, 6) is 0.128. The van der Waals surface area contributed by atoms with E-state index in [1.807, 2.05) is 0 Å². The third kappa shape index (κ3) is 8.20. The zero-order valence-electron chi connectivity index (χ0n) is 20.9. The molecule has 0 amide bonds. The summed E-state index contributed by atoms with van der Waals surface area (Å²) < 4.78 is 58.3. The van der Waals surface area contributed by atoms with E-state index >= 15 is 0 Å². The molecule has 0 radical (unpaired) electrons. The van der Waals surface area contributed by atoms with Crippen molar-refractivity contribution in [1.82, 2.24) is 4.90 Å². The minimum Gasteiger partial charge on any atom is -0.508 e. The average molecular weight is 538 g/mol. The minimum absolute atomic E-state index is 0.128. The van der Waals surface area contributed by atoms with Crippen LogP contribution in [-0.4, -0.2) is 97.6 Å². The molecule has 0 saturated carbocycles. The van der Waals surface area contributed by atoms with E-state index in [0.717, 1.165) is 0 Å². The van der Waals surface area contributed by atoms with Crippen molar-refractivity contribution in [3.63, 3.8) is 0 Å². The van der Waals surface area contributed by atoms with Crippen molar-refractivity contribution >= 4 is 10.1 Å². The lowest BCUT2D eigenvalue weighted by atomic mass is 9.99. The first kappa shape index (κ1) is 27.9. The Labute approximate surface area is 218 Å². The quantitative estimate of drug-likeness (QED) is 0.584. The molecule has 4 rings (SSSR count). The predicted octanol–water partition coefficient (Wildman–Crippen LogP) is 2.10. The van der Waals surface area contributed by atoms with Crippen LogP contribution in [0.5, 0.6) is 5.75 Å². The Kier molecular flexibility index (Phi) is 10.7. The van der Waals surface area contributed by atoms with Crippen LogP contribution in [0, 0.1) is 0 Å². The fraction of sp³-hybridized carbons (Fsp3) is 0.538. The van der Waals surface area contributed by atoms with Gasteiger partial charge in [0.1, 0.15) is 16.7 Å². The van der Waals surface area contributed by atoms with E-state index < -0.39 is 16.2 Å². The number of rotatable bonds is 3. The molecular formula is C26H35NO9S. The molecule has 0 bridgehead atoms. The van der Waals surface area contributed by atoms with Crippen molar-refractivity contribution in [2.75, 3.05) is 79.2 Å². The molecular weight excluding hydrogens is 502 g/mol. The van der Waals surface area contributed by atoms with Gasteiger partial charge in [-0.15, -0.1) is 0 Å². The van der Waals surface area contributed by atoms with Crippen molar-refractivity contribution in [3.05, 3.63) is 59.2 Å². The molecule has 1 atom stereocenters. The van der Waals surface area contributed by atoms with Gasteiger partial charge >= 0.3 is 0 Å². The monoisotopic (exact) mass is 537 g/mol. The van der Waals surface area contributed by atoms with Gasteiger partial charge in [0.15, 0.2) is 0 Å². The molecule has 2 aromatic carbocycles. The molecule has 0 aromatic heterocycles. The van der Waals surface area contributed by atoms with Gasteiger partial charge in [-0.1, -0.05) is 24.3 Å². The van der Waals surface area contributed by atoms with Gasteiger partial charge in [0.2, 0.25) is 0 Å². The van der Waals surface area contributed by atoms with Crippen LogP contribution in [0.3, 0.4) is 0 Å². The topological polar surface area (TPSA) is 113 Å². The lowest BCUT2D eigenvalue weighted by Crippen LogP contribution is -2.31. The molecule has 2 heterocycles. The molecule has 1 fully saturated rings. The second-order valence-electron chi connectivity index (χ2n) is 8.69. The minimum atomic E-state index is -3.82. The maximum atomic E-state index is 12.5. The summed E-state index contributed by atoms with van der Waals surface area (Å²) >= 11 is 0. The number of aromatic hydroxyl groups is 1. The smallest absolute Gasteiger partial charge is 0.298 e. The number of phenolic OH excluding ortho intramolecular Hbond substituents is 1. The van der Waals surface area contributed by atoms with Crippen molar-refractivity contribution in [2.45, 2.75) is 17.5 Å². The molecule has 1 N–H and O–H groups in total. The fourth-order valence-electron chi connectivity index (χ4n) is 4.17. The van der Waals surface area contributed by atoms with E-state index in [0.29, 0.717) is 102 Å². The lowest BCUT2D eigenvalue weighted by Gasteiger charge is -2.23. The number of benzene rings is 2. The van der Waals surface area contributed by atoms with Gasteiger partial charge in [0.05, 0.1) is 66.1 Å². The lowest BCUT2D eigenvalue weighted by molar-refractivity contribution is -0.0190. The van der Waals surface area contributed by atoms with Crippen LogP contribution in [0.25, 0.3) is 0 Å². The summed E-state index contributed by atoms with van der Waals surface area (Å²) in [5.41, 5.74) is 1.92. The van der Waals surface area contributed by atoms with E-state index in [9.17, 15) is 13.5 Å². The Bertz CT molecular complexity index is 1080. The maximum absolute atomic E-state index is 12.5. The molecule has 11 heteroatoms. The van der Waals surface area contributed by atoms with Crippen molar-refractivity contribution in [1.29, 1.82) is 0 Å². The summed E-state index contributed by atoms with van der Waals surface area (Å²) in [6, 6.07) is 11.8. The maximum Gasteiger partial charge on any atom is 0.298 e. The van der Waals surface area contributed by atoms with E-state index in [2.05, 4.69) is 4.90 Å². The van der Waals surface area contributed by atoms with E-state index in [4.69, 9.17) is 27.9 Å². The second-order valence-corrected chi connectivity index (χ2v) is 10.2. The van der Waals surface area contributed by atoms with Crippen LogP contribution < -0.4 is 0 Å². The normalized spacial score (nSPS) is 23.1. The van der Waals surface area contributed by atoms with Crippen LogP contribution in [0.1, 0.15) is 22.8 Å². The van der Waals surface area contributed by atoms with E-state index in [-0.39, 0.29) is 10.6 Å². The summed E-state index contributed by atoms with van der Waals surface area (Å²) in [6.45, 7) is 6.58. The Morgan fingerprint density at radius 1 is 0.757 bits per heavy atom. The highest BCUT2D eigenvalue weighted by atomic mass is 32.2. The molecule has 0 aliphatic carbocycles. The largest absolute Gasteiger partial charge is 0.508 e. The molecule has 2 aliphatic heterocycles. The van der Waals surface area contributed by atoms with Gasteiger partial charge in [0.25, 0.3) is 10.1 Å². The van der Waals surface area contributed by atoms with Gasteiger partial charge in [-0.05, 0) is 23.8 Å². The standard InChI is InChI=1S/C26H35NO9S/c28-24-6-5-21(26-23-3-1-2-4-25(23)37(29,30)36-26)19-22(24)20-27-7-9-31-11-13-33-15-17-35-18-16-34-14-12-32-10-8-27/h1-6,19,26,28H,7-18,20H2. The van der Waals surface area contributed by atoms with Crippen LogP contribution in [0.15, 0.2) is 47.4 Å². The highest BCUT2D eigenvalue weighted by Crippen LogP contribution is 2.41. The number of hydrogen-bond acceptors (Lipinski definition) is 10. The highest BCUT2D eigenvalue weighted by molar-refractivity contribution is 7.87. The predicted molar refractivity (Wildman–Crippen MR) is 134 cm³/mol. The van der Waals surface area contributed by atoms with Crippen molar-refractivity contribution in [3.8, 4) is 5.75 Å². The number of fused-ring (bicyclic) bond motifs is 1. The van der Waals surface area contributed by atoms with E-state index in [1.54, 1.807) is 42.5 Å². The SMILES string of the molecule is O=S1(=O)OC(c2ccc(O)c(CN3CCOCCOCCOCCOCCOCC3)c2)c2ccccc21. The molecule has 2 aromatic rings. The summed E-state index contributed by atoms with van der Waals surface area (Å²) in [6.07, 6.45) is -0.752. The first-order valence-corrected chi connectivity index (χ1v) is 13.9. The van der Waals surface area contributed by atoms with Crippen LogP contribution in [0.4, 0.5) is 0 Å². The summed E-state index contributed by atoms with van der Waals surface area (Å²) in [7, 11) is -3.82. The second kappa shape index (κ2) is 14.2. The van der Waals surface area contributed by atoms with Crippen molar-refractivity contribution in [2.24, 2.45) is 0 Å². The number of ether oxygens (including phenoxy) is 5. The van der Waals surface area contributed by atoms with Gasteiger partial charge in [-0.2, -0.15) is 8.42 Å². The zero-order chi connectivity index (χ0) is 25.9. The number of nitrogens with zero attached hydrogens (tertiary/aromatic N) is 1. The molecule has 10 nitrogen and oxygen atoms in total. The van der Waals surface area contributed by atoms with Gasteiger partial charge < -0.3 is 28.8 Å². The fourth-order valence-corrected chi connectivity index (χ4v) is 5.45. The van der Waals surface area contributed by atoms with E-state index in [1.165, 1.54) is 0 Å². The first-order valence-electron chi connectivity index (χ1n) is 12.5. The third-order valence-electron chi connectivity index (χ3n) is 6.09. The molecule has 0 spiro atoms. The summed E-state index contributed by atoms with van der Waals surface area (Å²) in [5, 5.41) is 10.6. The molecule has 37 heavy (non-hydrogen) atoms. The number of hydrogen-bond donors (Lipinski definition) is 1. The molecule has 1 unspecified atom stereocenters. The van der Waals surface area contributed by atoms with Gasteiger partial charge in [0, 0.05) is 30.8 Å². The van der Waals surface area contributed by atoms with Crippen molar-refractivity contribution < 1.29 is 41.4 Å². The summed E-state index contributed by atoms with van der Waals surface area (Å²) in [4.78, 5) is 2.30. The Morgan fingerprint density at radius 3 is 1.89 bits per heavy atom. The average Bonchev–Trinajstić information content (AvgIpc) is 3.17. The molecule has 204 valence electrons. The van der Waals surface area contributed by atoms with Crippen LogP contribution >= 0.6 is 0 Å². The zero-order valence-corrected chi connectivity index (χ0v) is 21.7. The number of phenols is 1. The van der Waals surface area contributed by atoms with Crippen LogP contribution in [0.2, 0.25) is 0 Å². The van der Waals surface area contributed by atoms with Crippen LogP contribution in [-0.2, 0) is 44.5 Å². The Hall–Kier alpha value is -2.09. The van der Waals surface area contributed by atoms with Gasteiger partial charge in [-0.3, -0.25) is 9.08 Å². The molecule has 1 saturated heterocycles. The third-order valence-corrected chi connectivity index (χ3v) is 7.44. The highest BCUT2D eigenvalue weighted by Gasteiger charge is 2.36. The molecule has 2 aliphatic rings. The first-order chi connectivity index (χ1) is 18.0.